The van der Waals surface area contributed by atoms with Crippen LogP contribution < -0.4 is 24.8 Å². The molecule has 4 aromatic rings. The van der Waals surface area contributed by atoms with Gasteiger partial charge in [-0.3, -0.25) is 4.79 Å². The van der Waals surface area contributed by atoms with Crippen molar-refractivity contribution in [1.29, 1.82) is 0 Å². The number of nitrogens with zero attached hydrogens (tertiary/aromatic N) is 1. The summed E-state index contributed by atoms with van der Waals surface area (Å²) in [7, 11) is 5.89. The highest BCUT2D eigenvalue weighted by Gasteiger charge is 2.36. The first-order chi connectivity index (χ1) is 17.4. The largest absolute Gasteiger partial charge is 0.493 e. The molecule has 1 aliphatic heterocycles. The summed E-state index contributed by atoms with van der Waals surface area (Å²) < 4.78 is 21.3. The minimum atomic E-state index is -0.509. The zero-order valence-electron chi connectivity index (χ0n) is 20.2. The second kappa shape index (κ2) is 8.87. The lowest BCUT2D eigenvalue weighted by Crippen LogP contribution is -2.30. The molecule has 11 heteroatoms. The minimum absolute atomic E-state index is 0.158. The van der Waals surface area contributed by atoms with Crippen molar-refractivity contribution in [3.05, 3.63) is 41.2 Å². The molecule has 1 unspecified atom stereocenters. The molecular formula is C25H25ClN4O6. The Morgan fingerprint density at radius 2 is 1.72 bits per heavy atom. The summed E-state index contributed by atoms with van der Waals surface area (Å²) >= 11 is 6.34. The number of aromatic nitrogens is 2. The number of hydrogen-bond acceptors (Lipinski definition) is 7. The van der Waals surface area contributed by atoms with E-state index in [4.69, 9.17) is 36.3 Å². The number of amides is 1. The molecule has 0 spiro atoms. The Morgan fingerprint density at radius 1 is 1.00 bits per heavy atom. The molecule has 1 aliphatic rings. The molecule has 0 bridgehead atoms. The van der Waals surface area contributed by atoms with Crippen LogP contribution in [0.5, 0.6) is 17.2 Å². The quantitative estimate of drug-likeness (QED) is 0.202. The Labute approximate surface area is 211 Å². The van der Waals surface area contributed by atoms with Gasteiger partial charge in [0.2, 0.25) is 5.75 Å². The van der Waals surface area contributed by atoms with E-state index in [1.807, 2.05) is 0 Å². The number of H-pyrrole nitrogens is 2. The number of carbonyl (C=O) groups is 2. The van der Waals surface area contributed by atoms with E-state index >= 15 is 0 Å². The number of methoxy groups -OCH3 is 4. The summed E-state index contributed by atoms with van der Waals surface area (Å²) in [5, 5.41) is 1.46. The fourth-order valence-electron chi connectivity index (χ4n) is 4.94. The highest BCUT2D eigenvalue weighted by atomic mass is 35.5. The average Bonchev–Trinajstić information content (AvgIpc) is 3.61. The fraction of sp³-hybridized carbons (Fsp3) is 0.280. The third kappa shape index (κ3) is 3.40. The number of carbonyl (C=O) groups excluding carboxylic acids is 2. The maximum Gasteiger partial charge on any atom is 0.354 e. The molecule has 3 heterocycles. The first-order valence-corrected chi connectivity index (χ1v) is 11.6. The van der Waals surface area contributed by atoms with Gasteiger partial charge >= 0.3 is 5.97 Å². The van der Waals surface area contributed by atoms with Crippen LogP contribution >= 0.6 is 11.6 Å². The van der Waals surface area contributed by atoms with Gasteiger partial charge in [-0.05, 0) is 29.8 Å². The van der Waals surface area contributed by atoms with Gasteiger partial charge < -0.3 is 39.5 Å². The molecule has 2 aromatic heterocycles. The fourth-order valence-corrected chi connectivity index (χ4v) is 5.19. The van der Waals surface area contributed by atoms with Gasteiger partial charge in [0.05, 0.1) is 50.8 Å². The van der Waals surface area contributed by atoms with Crippen LogP contribution in [-0.4, -0.2) is 62.7 Å². The highest BCUT2D eigenvalue weighted by Crippen LogP contribution is 2.46. The number of aromatic amines is 2. The maximum atomic E-state index is 13.8. The van der Waals surface area contributed by atoms with E-state index in [0.717, 1.165) is 16.3 Å². The van der Waals surface area contributed by atoms with Gasteiger partial charge in [-0.15, -0.1) is 11.6 Å². The number of esters is 1. The normalized spacial score (nSPS) is 14.8. The van der Waals surface area contributed by atoms with Crippen molar-refractivity contribution in [1.82, 2.24) is 9.97 Å². The van der Waals surface area contributed by atoms with E-state index < -0.39 is 5.97 Å². The summed E-state index contributed by atoms with van der Waals surface area (Å²) in [5.74, 6) is 0.689. The minimum Gasteiger partial charge on any atom is -0.493 e. The number of ether oxygens (including phenoxy) is 4. The van der Waals surface area contributed by atoms with Crippen molar-refractivity contribution in [2.75, 3.05) is 51.5 Å². The lowest BCUT2D eigenvalue weighted by Gasteiger charge is -2.17. The topological polar surface area (TPSA) is 132 Å². The molecule has 4 N–H and O–H groups in total. The Balaban J connectivity index is 1.63. The molecule has 0 aliphatic carbocycles. The van der Waals surface area contributed by atoms with Crippen LogP contribution in [-0.2, 0) is 4.74 Å². The van der Waals surface area contributed by atoms with Crippen molar-refractivity contribution in [2.45, 2.75) is 5.92 Å². The number of nitrogen functional groups attached to an aromatic ring is 1. The number of anilines is 2. The number of fused-ring (bicyclic) bond motifs is 4. The van der Waals surface area contributed by atoms with Crippen molar-refractivity contribution in [3.8, 4) is 17.2 Å². The molecule has 188 valence electrons. The Hall–Kier alpha value is -4.05. The van der Waals surface area contributed by atoms with E-state index in [1.54, 1.807) is 29.2 Å². The van der Waals surface area contributed by atoms with Crippen molar-refractivity contribution in [2.24, 2.45) is 0 Å². The smallest absolute Gasteiger partial charge is 0.354 e. The summed E-state index contributed by atoms with van der Waals surface area (Å²) in [4.78, 5) is 33.7. The van der Waals surface area contributed by atoms with Gasteiger partial charge in [-0.2, -0.15) is 0 Å². The number of rotatable bonds is 6. The number of hydrogen-bond donors (Lipinski definition) is 3. The molecule has 1 atom stereocenters. The molecule has 0 saturated heterocycles. The Kier molecular flexibility index (Phi) is 5.83. The molecule has 5 rings (SSSR count). The van der Waals surface area contributed by atoms with Gasteiger partial charge in [0.25, 0.3) is 5.91 Å². The maximum absolute atomic E-state index is 13.8. The molecule has 0 saturated carbocycles. The van der Waals surface area contributed by atoms with E-state index in [9.17, 15) is 9.59 Å². The SMILES string of the molecule is COC(=O)c1cc2c3c(cc(N)c2[nH]1)N(C(=O)c1cc2cc(OC)c(OC)c(OC)c2[nH]1)CC3CCl. The van der Waals surface area contributed by atoms with E-state index in [2.05, 4.69) is 9.97 Å². The van der Waals surface area contributed by atoms with Gasteiger partial charge in [-0.1, -0.05) is 0 Å². The molecule has 2 aromatic carbocycles. The van der Waals surface area contributed by atoms with Gasteiger partial charge in [0.15, 0.2) is 11.5 Å². The van der Waals surface area contributed by atoms with Gasteiger partial charge in [-0.25, -0.2) is 4.79 Å². The monoisotopic (exact) mass is 512 g/mol. The zero-order chi connectivity index (χ0) is 25.7. The van der Waals surface area contributed by atoms with E-state index in [0.29, 0.717) is 51.9 Å². The molecule has 0 radical (unpaired) electrons. The first kappa shape index (κ1) is 23.7. The highest BCUT2D eigenvalue weighted by molar-refractivity contribution is 6.19. The lowest BCUT2D eigenvalue weighted by molar-refractivity contribution is 0.0595. The van der Waals surface area contributed by atoms with Crippen LogP contribution in [0.4, 0.5) is 11.4 Å². The summed E-state index contributed by atoms with van der Waals surface area (Å²) in [6.07, 6.45) is 0. The molecular weight excluding hydrogens is 488 g/mol. The molecule has 0 fully saturated rings. The van der Waals surface area contributed by atoms with Crippen molar-refractivity contribution >= 4 is 56.7 Å². The van der Waals surface area contributed by atoms with Crippen LogP contribution in [0.2, 0.25) is 0 Å². The van der Waals surface area contributed by atoms with Gasteiger partial charge in [0, 0.05) is 29.1 Å². The summed E-state index contributed by atoms with van der Waals surface area (Å²) in [6, 6.07) is 6.94. The standard InChI is InChI=1S/C25H25ClN4O6/c1-33-18-6-11-5-15(28-20(11)23(35-3)22(18)34-2)24(31)30-10-12(9-26)19-13-7-16(25(32)36-4)29-21(13)14(27)8-17(19)30/h5-8,12,28-29H,9-10,27H2,1-4H3. The van der Waals surface area contributed by atoms with Crippen LogP contribution in [0.1, 0.15) is 32.5 Å². The summed E-state index contributed by atoms with van der Waals surface area (Å²) in [6.45, 7) is 0.355. The predicted octanol–water partition coefficient (Wildman–Crippen LogP) is 4.03. The predicted molar refractivity (Wildman–Crippen MR) is 137 cm³/mol. The third-order valence-corrected chi connectivity index (χ3v) is 6.93. The number of nitrogens with two attached hydrogens (primary N) is 1. The van der Waals surface area contributed by atoms with E-state index in [1.165, 1.54) is 28.4 Å². The van der Waals surface area contributed by atoms with Crippen molar-refractivity contribution < 1.29 is 28.5 Å². The van der Waals surface area contributed by atoms with Crippen LogP contribution in [0.15, 0.2) is 24.3 Å². The Morgan fingerprint density at radius 3 is 2.36 bits per heavy atom. The van der Waals surface area contributed by atoms with Crippen LogP contribution in [0.25, 0.3) is 21.8 Å². The molecule has 36 heavy (non-hydrogen) atoms. The molecule has 10 nitrogen and oxygen atoms in total. The lowest BCUT2D eigenvalue weighted by atomic mass is 9.98. The first-order valence-electron chi connectivity index (χ1n) is 11.1. The summed E-state index contributed by atoms with van der Waals surface area (Å²) in [5.41, 5.74) is 10.1. The second-order valence-electron chi connectivity index (χ2n) is 8.42. The number of benzene rings is 2. The van der Waals surface area contributed by atoms with E-state index in [-0.39, 0.29) is 23.4 Å². The average molecular weight is 513 g/mol. The Bertz CT molecular complexity index is 1520. The number of nitrogens with one attached hydrogen (secondary N) is 2. The number of halogens is 1. The number of alkyl halides is 1. The molecule has 1 amide bonds. The second-order valence-corrected chi connectivity index (χ2v) is 8.73. The van der Waals surface area contributed by atoms with Crippen molar-refractivity contribution in [3.63, 3.8) is 0 Å². The third-order valence-electron chi connectivity index (χ3n) is 6.55. The van der Waals surface area contributed by atoms with Crippen LogP contribution in [0.3, 0.4) is 0 Å². The van der Waals surface area contributed by atoms with Crippen LogP contribution in [0, 0.1) is 0 Å². The van der Waals surface area contributed by atoms with Gasteiger partial charge in [0.1, 0.15) is 11.4 Å². The zero-order valence-corrected chi connectivity index (χ0v) is 20.9.